The molecule has 0 aliphatic carbocycles. The third-order valence-corrected chi connectivity index (χ3v) is 4.19. The summed E-state index contributed by atoms with van der Waals surface area (Å²) in [5, 5.41) is 3.56. The molecule has 2 atom stereocenters. The molecule has 2 unspecified atom stereocenters. The number of nitrogens with one attached hydrogen (secondary N) is 1. The topological polar surface area (TPSA) is 24.5 Å². The summed E-state index contributed by atoms with van der Waals surface area (Å²) in [6.07, 6.45) is 2.66. The van der Waals surface area contributed by atoms with Gasteiger partial charge in [-0.2, -0.15) is 0 Å². The Bertz CT molecular complexity index is 369. The second-order valence-corrected chi connectivity index (χ2v) is 5.71. The van der Waals surface area contributed by atoms with Crippen LogP contribution in [0.25, 0.3) is 0 Å². The zero-order valence-corrected chi connectivity index (χ0v) is 12.8. The van der Waals surface area contributed by atoms with Gasteiger partial charge in [-0.3, -0.25) is 4.90 Å². The molecule has 0 spiro atoms. The third-order valence-electron chi connectivity index (χ3n) is 4.19. The molecule has 1 aliphatic heterocycles. The van der Waals surface area contributed by atoms with Crippen LogP contribution in [0.15, 0.2) is 30.3 Å². The molecule has 0 aromatic heterocycles. The zero-order valence-electron chi connectivity index (χ0n) is 12.8. The number of ether oxygens (including phenoxy) is 1. The normalized spacial score (nSPS) is 21.6. The number of piperidine rings is 1. The molecule has 0 saturated carbocycles. The molecule has 1 aromatic rings. The van der Waals surface area contributed by atoms with Gasteiger partial charge in [-0.25, -0.2) is 0 Å². The summed E-state index contributed by atoms with van der Waals surface area (Å²) in [6, 6.07) is 10.7. The maximum absolute atomic E-state index is 5.79. The minimum atomic E-state index is 0.623. The first-order valence-electron chi connectivity index (χ1n) is 7.93. The van der Waals surface area contributed by atoms with E-state index >= 15 is 0 Å². The van der Waals surface area contributed by atoms with Crippen LogP contribution in [-0.4, -0.2) is 43.7 Å². The minimum absolute atomic E-state index is 0.623. The maximum atomic E-state index is 5.79. The lowest BCUT2D eigenvalue weighted by molar-refractivity contribution is 0.130. The Morgan fingerprint density at radius 2 is 2.15 bits per heavy atom. The van der Waals surface area contributed by atoms with E-state index in [1.54, 1.807) is 0 Å². The maximum Gasteiger partial charge on any atom is 0.119 e. The van der Waals surface area contributed by atoms with E-state index < -0.39 is 0 Å². The van der Waals surface area contributed by atoms with E-state index in [0.29, 0.717) is 6.04 Å². The average Bonchev–Trinajstić information content (AvgIpc) is 2.49. The summed E-state index contributed by atoms with van der Waals surface area (Å²) in [5.41, 5.74) is 0. The van der Waals surface area contributed by atoms with Crippen LogP contribution < -0.4 is 10.1 Å². The van der Waals surface area contributed by atoms with Gasteiger partial charge < -0.3 is 10.1 Å². The molecule has 0 amide bonds. The molecule has 1 aromatic carbocycles. The highest BCUT2D eigenvalue weighted by atomic mass is 16.5. The predicted molar refractivity (Wildman–Crippen MR) is 84.2 cm³/mol. The fourth-order valence-electron chi connectivity index (χ4n) is 3.00. The highest BCUT2D eigenvalue weighted by Gasteiger charge is 2.23. The molecule has 1 N–H and O–H groups in total. The van der Waals surface area contributed by atoms with Crippen molar-refractivity contribution in [1.29, 1.82) is 0 Å². The first kappa shape index (κ1) is 15.3. The average molecular weight is 276 g/mol. The van der Waals surface area contributed by atoms with Gasteiger partial charge in [0.25, 0.3) is 0 Å². The number of para-hydroxylation sites is 1. The van der Waals surface area contributed by atoms with E-state index in [9.17, 15) is 0 Å². The van der Waals surface area contributed by atoms with Gasteiger partial charge in [-0.15, -0.1) is 0 Å². The van der Waals surface area contributed by atoms with Crippen molar-refractivity contribution in [2.24, 2.45) is 5.92 Å². The van der Waals surface area contributed by atoms with Crippen molar-refractivity contribution in [1.82, 2.24) is 10.2 Å². The number of hydrogen-bond acceptors (Lipinski definition) is 3. The number of likely N-dealkylation sites (tertiary alicyclic amines) is 1. The van der Waals surface area contributed by atoms with Crippen LogP contribution in [0.5, 0.6) is 5.75 Å². The van der Waals surface area contributed by atoms with E-state index in [4.69, 9.17) is 4.74 Å². The second-order valence-electron chi connectivity index (χ2n) is 5.71. The summed E-state index contributed by atoms with van der Waals surface area (Å²) in [4.78, 5) is 2.55. The highest BCUT2D eigenvalue weighted by molar-refractivity contribution is 5.20. The Balaban J connectivity index is 1.70. The van der Waals surface area contributed by atoms with Gasteiger partial charge >= 0.3 is 0 Å². The van der Waals surface area contributed by atoms with Crippen molar-refractivity contribution < 1.29 is 4.74 Å². The standard InChI is InChI=1S/C17H28N2O/c1-3-18-15(2)16-8-7-11-19(14-16)12-13-20-17-9-5-4-6-10-17/h4-6,9-10,15-16,18H,3,7-8,11-14H2,1-2H3. The van der Waals surface area contributed by atoms with Gasteiger partial charge in [-0.1, -0.05) is 25.1 Å². The number of rotatable bonds is 7. The first-order valence-corrected chi connectivity index (χ1v) is 7.93. The van der Waals surface area contributed by atoms with Crippen molar-refractivity contribution in [3.8, 4) is 5.75 Å². The zero-order chi connectivity index (χ0) is 14.2. The van der Waals surface area contributed by atoms with Gasteiger partial charge in [0.1, 0.15) is 12.4 Å². The van der Waals surface area contributed by atoms with Crippen LogP contribution >= 0.6 is 0 Å². The Labute approximate surface area is 123 Å². The molecule has 2 rings (SSSR count). The molecule has 1 fully saturated rings. The monoisotopic (exact) mass is 276 g/mol. The lowest BCUT2D eigenvalue weighted by Gasteiger charge is -2.36. The van der Waals surface area contributed by atoms with E-state index in [0.717, 1.165) is 31.4 Å². The molecule has 0 bridgehead atoms. The Kier molecular flexibility index (Phi) is 6.34. The minimum Gasteiger partial charge on any atom is -0.492 e. The van der Waals surface area contributed by atoms with E-state index in [-0.39, 0.29) is 0 Å². The van der Waals surface area contributed by atoms with Gasteiger partial charge in [0.15, 0.2) is 0 Å². The second kappa shape index (κ2) is 8.28. The lowest BCUT2D eigenvalue weighted by Crippen LogP contribution is -2.45. The van der Waals surface area contributed by atoms with Crippen LogP contribution in [0.3, 0.4) is 0 Å². The van der Waals surface area contributed by atoms with Crippen LogP contribution in [0.1, 0.15) is 26.7 Å². The van der Waals surface area contributed by atoms with Crippen LogP contribution in [0, 0.1) is 5.92 Å². The van der Waals surface area contributed by atoms with Crippen LogP contribution in [0.2, 0.25) is 0 Å². The molecular formula is C17H28N2O. The molecule has 3 nitrogen and oxygen atoms in total. The van der Waals surface area contributed by atoms with Gasteiger partial charge in [-0.05, 0) is 50.9 Å². The van der Waals surface area contributed by atoms with E-state index in [1.165, 1.54) is 25.9 Å². The smallest absolute Gasteiger partial charge is 0.119 e. The van der Waals surface area contributed by atoms with E-state index in [1.807, 2.05) is 30.3 Å². The van der Waals surface area contributed by atoms with Crippen molar-refractivity contribution in [3.05, 3.63) is 30.3 Å². The van der Waals surface area contributed by atoms with Crippen molar-refractivity contribution >= 4 is 0 Å². The van der Waals surface area contributed by atoms with Gasteiger partial charge in [0, 0.05) is 19.1 Å². The Hall–Kier alpha value is -1.06. The van der Waals surface area contributed by atoms with E-state index in [2.05, 4.69) is 24.1 Å². The first-order chi connectivity index (χ1) is 9.79. The molecule has 3 heteroatoms. The summed E-state index contributed by atoms with van der Waals surface area (Å²) in [6.45, 7) is 9.80. The lowest BCUT2D eigenvalue weighted by atomic mass is 9.91. The summed E-state index contributed by atoms with van der Waals surface area (Å²) in [7, 11) is 0. The quantitative estimate of drug-likeness (QED) is 0.829. The van der Waals surface area contributed by atoms with Crippen molar-refractivity contribution in [2.45, 2.75) is 32.7 Å². The molecule has 20 heavy (non-hydrogen) atoms. The molecule has 1 aliphatic rings. The molecule has 1 heterocycles. The Morgan fingerprint density at radius 1 is 1.35 bits per heavy atom. The molecule has 0 radical (unpaired) electrons. The van der Waals surface area contributed by atoms with Crippen LogP contribution in [0.4, 0.5) is 0 Å². The SMILES string of the molecule is CCNC(C)C1CCCN(CCOc2ccccc2)C1. The number of nitrogens with zero attached hydrogens (tertiary/aromatic N) is 1. The van der Waals surface area contributed by atoms with Crippen LogP contribution in [-0.2, 0) is 0 Å². The van der Waals surface area contributed by atoms with Crippen molar-refractivity contribution in [3.63, 3.8) is 0 Å². The summed E-state index contributed by atoms with van der Waals surface area (Å²) >= 11 is 0. The predicted octanol–water partition coefficient (Wildman–Crippen LogP) is 2.78. The van der Waals surface area contributed by atoms with Crippen molar-refractivity contribution in [2.75, 3.05) is 32.8 Å². The fraction of sp³-hybridized carbons (Fsp3) is 0.647. The highest BCUT2D eigenvalue weighted by Crippen LogP contribution is 2.19. The number of benzene rings is 1. The summed E-state index contributed by atoms with van der Waals surface area (Å²) in [5.74, 6) is 1.75. The third kappa shape index (κ3) is 4.80. The Morgan fingerprint density at radius 3 is 2.90 bits per heavy atom. The fourth-order valence-corrected chi connectivity index (χ4v) is 3.00. The summed E-state index contributed by atoms with van der Waals surface area (Å²) < 4.78 is 5.79. The van der Waals surface area contributed by atoms with Gasteiger partial charge in [0.05, 0.1) is 0 Å². The largest absolute Gasteiger partial charge is 0.492 e. The van der Waals surface area contributed by atoms with Gasteiger partial charge in [0.2, 0.25) is 0 Å². The number of hydrogen-bond donors (Lipinski definition) is 1. The molecule has 112 valence electrons. The molecule has 1 saturated heterocycles. The molecular weight excluding hydrogens is 248 g/mol.